The van der Waals surface area contributed by atoms with Gasteiger partial charge in [0.05, 0.1) is 15.6 Å². The van der Waals surface area contributed by atoms with Crippen LogP contribution >= 0.6 is 11.3 Å². The third kappa shape index (κ3) is 1.50. The molecule has 0 fully saturated rings. The van der Waals surface area contributed by atoms with Gasteiger partial charge in [-0.05, 0) is 25.1 Å². The smallest absolute Gasteiger partial charge is 0.124 e. The average molecular weight is 234 g/mol. The molecule has 2 heterocycles. The lowest BCUT2D eigenvalue weighted by Crippen LogP contribution is -2.02. The van der Waals surface area contributed by atoms with Crippen molar-refractivity contribution in [3.05, 3.63) is 34.7 Å². The predicted molar refractivity (Wildman–Crippen MR) is 64.4 cm³/mol. The van der Waals surface area contributed by atoms with Crippen LogP contribution in [0.4, 0.5) is 10.1 Å². The Balaban J connectivity index is 2.27. The molecular formula is C12H11FN2S. The van der Waals surface area contributed by atoms with Crippen molar-refractivity contribution in [2.24, 2.45) is 0 Å². The lowest BCUT2D eigenvalue weighted by atomic mass is 10.1. The molecule has 0 saturated carbocycles. The average Bonchev–Trinajstić information content (AvgIpc) is 2.54. The first kappa shape index (κ1) is 9.78. The molecular weight excluding hydrogens is 223 g/mol. The fraction of sp³-hybridized carbons (Fsp3) is 0.250. The first-order chi connectivity index (χ1) is 7.74. The molecule has 0 spiro atoms. The zero-order chi connectivity index (χ0) is 11.1. The van der Waals surface area contributed by atoms with Crippen LogP contribution in [0.15, 0.2) is 18.2 Å². The van der Waals surface area contributed by atoms with Gasteiger partial charge in [0, 0.05) is 24.2 Å². The monoisotopic (exact) mass is 234 g/mol. The number of benzene rings is 1. The number of anilines is 1. The van der Waals surface area contributed by atoms with E-state index < -0.39 is 0 Å². The maximum Gasteiger partial charge on any atom is 0.124 e. The highest BCUT2D eigenvalue weighted by molar-refractivity contribution is 7.15. The second-order valence-corrected chi connectivity index (χ2v) is 5.08. The minimum Gasteiger partial charge on any atom is -0.384 e. The molecule has 4 heteroatoms. The summed E-state index contributed by atoms with van der Waals surface area (Å²) in [6.07, 6.45) is 0.899. The van der Waals surface area contributed by atoms with E-state index >= 15 is 0 Å². The van der Waals surface area contributed by atoms with E-state index in [0.29, 0.717) is 0 Å². The molecule has 82 valence electrons. The molecule has 0 saturated heterocycles. The summed E-state index contributed by atoms with van der Waals surface area (Å²) in [6, 6.07) is 4.88. The van der Waals surface area contributed by atoms with Crippen molar-refractivity contribution in [2.75, 3.05) is 11.9 Å². The second kappa shape index (κ2) is 3.56. The molecule has 0 bridgehead atoms. The molecule has 1 aromatic heterocycles. The van der Waals surface area contributed by atoms with Crippen LogP contribution in [0, 0.1) is 12.7 Å². The van der Waals surface area contributed by atoms with Gasteiger partial charge in [0.2, 0.25) is 0 Å². The quantitative estimate of drug-likeness (QED) is 0.757. The Kier molecular flexibility index (Phi) is 2.17. The maximum atomic E-state index is 13.3. The molecule has 1 aliphatic heterocycles. The van der Waals surface area contributed by atoms with Crippen molar-refractivity contribution in [3.8, 4) is 10.4 Å². The van der Waals surface area contributed by atoms with E-state index in [1.165, 1.54) is 6.07 Å². The lowest BCUT2D eigenvalue weighted by molar-refractivity contribution is 0.628. The lowest BCUT2D eigenvalue weighted by Gasteiger charge is -2.06. The van der Waals surface area contributed by atoms with Crippen LogP contribution in [0.2, 0.25) is 0 Å². The predicted octanol–water partition coefficient (Wildman–Crippen LogP) is 3.23. The first-order valence-corrected chi connectivity index (χ1v) is 6.06. The summed E-state index contributed by atoms with van der Waals surface area (Å²) < 4.78 is 13.3. The largest absolute Gasteiger partial charge is 0.384 e. The van der Waals surface area contributed by atoms with Gasteiger partial charge in [-0.25, -0.2) is 9.37 Å². The van der Waals surface area contributed by atoms with E-state index in [2.05, 4.69) is 10.3 Å². The molecule has 2 aromatic rings. The Morgan fingerprint density at radius 3 is 3.19 bits per heavy atom. The van der Waals surface area contributed by atoms with Gasteiger partial charge in [-0.15, -0.1) is 11.3 Å². The minimum atomic E-state index is -0.195. The number of nitrogens with zero attached hydrogens (tertiary/aromatic N) is 1. The van der Waals surface area contributed by atoms with E-state index in [0.717, 1.165) is 39.8 Å². The van der Waals surface area contributed by atoms with Gasteiger partial charge >= 0.3 is 0 Å². The minimum absolute atomic E-state index is 0.195. The Labute approximate surface area is 97.2 Å². The molecule has 1 aliphatic rings. The third-order valence-electron chi connectivity index (χ3n) is 2.71. The van der Waals surface area contributed by atoms with E-state index in [1.807, 2.05) is 6.92 Å². The van der Waals surface area contributed by atoms with Gasteiger partial charge in [0.25, 0.3) is 0 Å². The Morgan fingerprint density at radius 2 is 2.31 bits per heavy atom. The molecule has 0 radical (unpaired) electrons. The molecule has 0 unspecified atom stereocenters. The van der Waals surface area contributed by atoms with Crippen molar-refractivity contribution < 1.29 is 4.39 Å². The molecule has 0 atom stereocenters. The zero-order valence-electron chi connectivity index (χ0n) is 8.88. The highest BCUT2D eigenvalue weighted by atomic mass is 32.1. The number of fused-ring (bicyclic) bond motifs is 3. The van der Waals surface area contributed by atoms with Crippen LogP contribution in [-0.2, 0) is 6.42 Å². The summed E-state index contributed by atoms with van der Waals surface area (Å²) in [5.41, 5.74) is 3.03. The van der Waals surface area contributed by atoms with Crippen LogP contribution < -0.4 is 5.32 Å². The van der Waals surface area contributed by atoms with Crippen LogP contribution in [0.3, 0.4) is 0 Å². The standard InChI is InChI=1S/C12H11FN2S/c1-7-15-11-4-5-14-10-3-2-8(13)6-9(10)12(11)16-7/h2-3,6,14H,4-5H2,1H3. The number of rotatable bonds is 0. The van der Waals surface area contributed by atoms with Gasteiger partial charge < -0.3 is 5.32 Å². The first-order valence-electron chi connectivity index (χ1n) is 5.24. The SMILES string of the molecule is Cc1nc2c(s1)-c1cc(F)ccc1NCC2. The number of halogens is 1. The van der Waals surface area contributed by atoms with Crippen molar-refractivity contribution >= 4 is 17.0 Å². The van der Waals surface area contributed by atoms with Crippen molar-refractivity contribution in [2.45, 2.75) is 13.3 Å². The number of aryl methyl sites for hydroxylation is 1. The second-order valence-electron chi connectivity index (χ2n) is 3.88. The molecule has 16 heavy (non-hydrogen) atoms. The molecule has 1 aromatic carbocycles. The summed E-state index contributed by atoms with van der Waals surface area (Å²) >= 11 is 1.64. The number of nitrogens with one attached hydrogen (secondary N) is 1. The van der Waals surface area contributed by atoms with Crippen LogP contribution in [0.5, 0.6) is 0 Å². The number of thiazole rings is 1. The highest BCUT2D eigenvalue weighted by Gasteiger charge is 2.18. The number of hydrogen-bond acceptors (Lipinski definition) is 3. The topological polar surface area (TPSA) is 24.9 Å². The molecule has 3 rings (SSSR count). The Bertz CT molecular complexity index is 548. The van der Waals surface area contributed by atoms with Gasteiger partial charge in [-0.3, -0.25) is 0 Å². The summed E-state index contributed by atoms with van der Waals surface area (Å²) in [4.78, 5) is 5.60. The summed E-state index contributed by atoms with van der Waals surface area (Å²) in [6.45, 7) is 2.85. The van der Waals surface area contributed by atoms with Crippen LogP contribution in [-0.4, -0.2) is 11.5 Å². The number of hydrogen-bond donors (Lipinski definition) is 1. The molecule has 2 nitrogen and oxygen atoms in total. The van der Waals surface area contributed by atoms with Crippen molar-refractivity contribution in [3.63, 3.8) is 0 Å². The fourth-order valence-corrected chi connectivity index (χ4v) is 3.02. The highest BCUT2D eigenvalue weighted by Crippen LogP contribution is 2.37. The van der Waals surface area contributed by atoms with Crippen molar-refractivity contribution in [1.82, 2.24) is 4.98 Å². The molecule has 1 N–H and O–H groups in total. The fourth-order valence-electron chi connectivity index (χ4n) is 2.02. The van der Waals surface area contributed by atoms with Crippen LogP contribution in [0.25, 0.3) is 10.4 Å². The van der Waals surface area contributed by atoms with E-state index in [9.17, 15) is 4.39 Å². The normalized spacial score (nSPS) is 13.6. The maximum absolute atomic E-state index is 13.3. The number of aromatic nitrogens is 1. The molecule has 0 aliphatic carbocycles. The van der Waals surface area contributed by atoms with Gasteiger partial charge in [0.15, 0.2) is 0 Å². The molecule has 0 amide bonds. The van der Waals surface area contributed by atoms with Gasteiger partial charge in [0.1, 0.15) is 5.82 Å². The summed E-state index contributed by atoms with van der Waals surface area (Å²) in [5.74, 6) is -0.195. The van der Waals surface area contributed by atoms with E-state index in [4.69, 9.17) is 0 Å². The third-order valence-corrected chi connectivity index (χ3v) is 3.75. The Hall–Kier alpha value is -1.42. The zero-order valence-corrected chi connectivity index (χ0v) is 9.70. The summed E-state index contributed by atoms with van der Waals surface area (Å²) in [7, 11) is 0. The Morgan fingerprint density at radius 1 is 1.44 bits per heavy atom. The van der Waals surface area contributed by atoms with Gasteiger partial charge in [-0.2, -0.15) is 0 Å². The van der Waals surface area contributed by atoms with Crippen molar-refractivity contribution in [1.29, 1.82) is 0 Å². The van der Waals surface area contributed by atoms with E-state index in [1.54, 1.807) is 23.5 Å². The summed E-state index contributed by atoms with van der Waals surface area (Å²) in [5, 5.41) is 4.35. The van der Waals surface area contributed by atoms with Gasteiger partial charge in [-0.1, -0.05) is 0 Å². The van der Waals surface area contributed by atoms with E-state index in [-0.39, 0.29) is 5.82 Å². The van der Waals surface area contributed by atoms with Crippen LogP contribution in [0.1, 0.15) is 10.7 Å².